The van der Waals surface area contributed by atoms with Crippen LogP contribution in [0.4, 0.5) is 5.82 Å². The van der Waals surface area contributed by atoms with Crippen molar-refractivity contribution >= 4 is 23.0 Å². The van der Waals surface area contributed by atoms with E-state index in [4.69, 9.17) is 22.7 Å². The molecule has 0 bridgehead atoms. The van der Waals surface area contributed by atoms with Gasteiger partial charge in [0, 0.05) is 6.54 Å². The Labute approximate surface area is 116 Å². The molecule has 0 spiro atoms. The SMILES string of the molecule is COc1cccc(CNc2cnc(C(N)=S)cn2)c1. The average molecular weight is 274 g/mol. The molecule has 0 amide bonds. The van der Waals surface area contributed by atoms with Crippen LogP contribution in [0.15, 0.2) is 36.7 Å². The minimum atomic E-state index is 0.242. The van der Waals surface area contributed by atoms with Crippen LogP contribution in [-0.4, -0.2) is 22.1 Å². The molecule has 1 heterocycles. The van der Waals surface area contributed by atoms with Gasteiger partial charge in [0.25, 0.3) is 0 Å². The summed E-state index contributed by atoms with van der Waals surface area (Å²) < 4.78 is 5.16. The Hall–Kier alpha value is -2.21. The van der Waals surface area contributed by atoms with Gasteiger partial charge in [-0.25, -0.2) is 9.97 Å². The zero-order valence-corrected chi connectivity index (χ0v) is 11.3. The van der Waals surface area contributed by atoms with E-state index >= 15 is 0 Å². The Bertz CT molecular complexity index is 571. The molecule has 0 aliphatic heterocycles. The highest BCUT2D eigenvalue weighted by atomic mass is 32.1. The number of hydrogen-bond donors (Lipinski definition) is 2. The Morgan fingerprint density at radius 1 is 1.37 bits per heavy atom. The van der Waals surface area contributed by atoms with Gasteiger partial charge in [-0.05, 0) is 17.7 Å². The lowest BCUT2D eigenvalue weighted by Crippen LogP contribution is -2.12. The van der Waals surface area contributed by atoms with E-state index in [-0.39, 0.29) is 4.99 Å². The molecule has 0 aliphatic carbocycles. The molecule has 0 radical (unpaired) electrons. The zero-order chi connectivity index (χ0) is 13.7. The van der Waals surface area contributed by atoms with E-state index in [0.29, 0.717) is 18.1 Å². The number of rotatable bonds is 5. The van der Waals surface area contributed by atoms with Crippen molar-refractivity contribution < 1.29 is 4.74 Å². The number of aromatic nitrogens is 2. The van der Waals surface area contributed by atoms with Crippen molar-refractivity contribution in [3.63, 3.8) is 0 Å². The molecule has 2 rings (SSSR count). The first-order valence-corrected chi connectivity index (χ1v) is 6.08. The quantitative estimate of drug-likeness (QED) is 0.809. The first-order chi connectivity index (χ1) is 9.19. The maximum Gasteiger partial charge on any atom is 0.144 e. The summed E-state index contributed by atoms with van der Waals surface area (Å²) in [5.41, 5.74) is 7.07. The predicted molar refractivity (Wildman–Crippen MR) is 78.2 cm³/mol. The number of ether oxygens (including phenoxy) is 1. The maximum absolute atomic E-state index is 5.46. The largest absolute Gasteiger partial charge is 0.497 e. The highest BCUT2D eigenvalue weighted by Gasteiger charge is 2.00. The van der Waals surface area contributed by atoms with E-state index in [1.165, 1.54) is 0 Å². The fourth-order valence-electron chi connectivity index (χ4n) is 1.52. The Kier molecular flexibility index (Phi) is 4.25. The second kappa shape index (κ2) is 6.10. The highest BCUT2D eigenvalue weighted by molar-refractivity contribution is 7.80. The molecule has 0 unspecified atom stereocenters. The second-order valence-electron chi connectivity index (χ2n) is 3.86. The second-order valence-corrected chi connectivity index (χ2v) is 4.30. The molecule has 1 aromatic carbocycles. The smallest absolute Gasteiger partial charge is 0.144 e. The van der Waals surface area contributed by atoms with Crippen LogP contribution in [0.2, 0.25) is 0 Å². The van der Waals surface area contributed by atoms with Crippen LogP contribution < -0.4 is 15.8 Å². The van der Waals surface area contributed by atoms with Gasteiger partial charge in [-0.2, -0.15) is 0 Å². The van der Waals surface area contributed by atoms with E-state index in [1.807, 2.05) is 24.3 Å². The van der Waals surface area contributed by atoms with Crippen molar-refractivity contribution in [1.82, 2.24) is 9.97 Å². The minimum absolute atomic E-state index is 0.242. The fourth-order valence-corrected chi connectivity index (χ4v) is 1.63. The third-order valence-electron chi connectivity index (χ3n) is 2.51. The van der Waals surface area contributed by atoms with Gasteiger partial charge in [0.05, 0.1) is 19.5 Å². The van der Waals surface area contributed by atoms with Crippen LogP contribution in [0, 0.1) is 0 Å². The molecule has 0 saturated carbocycles. The molecule has 0 atom stereocenters. The van der Waals surface area contributed by atoms with Crippen molar-refractivity contribution in [3.05, 3.63) is 47.9 Å². The van der Waals surface area contributed by atoms with Gasteiger partial charge in [0.2, 0.25) is 0 Å². The van der Waals surface area contributed by atoms with Gasteiger partial charge in [-0.3, -0.25) is 0 Å². The number of nitrogens with zero attached hydrogens (tertiary/aromatic N) is 2. The number of hydrogen-bond acceptors (Lipinski definition) is 5. The summed E-state index contributed by atoms with van der Waals surface area (Å²) in [6.07, 6.45) is 3.16. The molecule has 0 saturated heterocycles. The maximum atomic E-state index is 5.46. The molecule has 0 fully saturated rings. The third kappa shape index (κ3) is 3.62. The highest BCUT2D eigenvalue weighted by Crippen LogP contribution is 2.13. The lowest BCUT2D eigenvalue weighted by atomic mass is 10.2. The number of anilines is 1. The molecular formula is C13H14N4OS. The van der Waals surface area contributed by atoms with Crippen LogP contribution in [0.3, 0.4) is 0 Å². The first kappa shape index (κ1) is 13.2. The van der Waals surface area contributed by atoms with Crippen molar-refractivity contribution in [2.45, 2.75) is 6.54 Å². The summed E-state index contributed by atoms with van der Waals surface area (Å²) in [6.45, 7) is 0.637. The Morgan fingerprint density at radius 3 is 2.84 bits per heavy atom. The van der Waals surface area contributed by atoms with Crippen molar-refractivity contribution in [3.8, 4) is 5.75 Å². The average Bonchev–Trinajstić information content (AvgIpc) is 2.46. The van der Waals surface area contributed by atoms with Crippen LogP contribution in [-0.2, 0) is 6.54 Å². The Balaban J connectivity index is 1.99. The summed E-state index contributed by atoms with van der Waals surface area (Å²) in [5.74, 6) is 1.50. The summed E-state index contributed by atoms with van der Waals surface area (Å²) >= 11 is 4.82. The van der Waals surface area contributed by atoms with Gasteiger partial charge in [0.15, 0.2) is 0 Å². The van der Waals surface area contributed by atoms with Crippen molar-refractivity contribution in [1.29, 1.82) is 0 Å². The summed E-state index contributed by atoms with van der Waals surface area (Å²) in [6, 6.07) is 7.81. The topological polar surface area (TPSA) is 73.1 Å². The molecule has 3 N–H and O–H groups in total. The number of nitrogens with two attached hydrogens (primary N) is 1. The molecule has 5 nitrogen and oxygen atoms in total. The predicted octanol–water partition coefficient (Wildman–Crippen LogP) is 1.73. The van der Waals surface area contributed by atoms with Crippen LogP contribution in [0.5, 0.6) is 5.75 Å². The van der Waals surface area contributed by atoms with Gasteiger partial charge in [0.1, 0.15) is 22.2 Å². The fraction of sp³-hybridized carbons (Fsp3) is 0.154. The van der Waals surface area contributed by atoms with Crippen LogP contribution in [0.25, 0.3) is 0 Å². The standard InChI is InChI=1S/C13H14N4OS/c1-18-10-4-2-3-9(5-10)6-16-12-8-15-11(7-17-12)13(14)19/h2-5,7-8H,6H2,1H3,(H2,14,19)(H,16,17). The lowest BCUT2D eigenvalue weighted by Gasteiger charge is -2.07. The molecule has 19 heavy (non-hydrogen) atoms. The summed E-state index contributed by atoms with van der Waals surface area (Å²) in [5, 5.41) is 3.17. The van der Waals surface area contributed by atoms with Gasteiger partial charge in [-0.1, -0.05) is 24.4 Å². The number of nitrogens with one attached hydrogen (secondary N) is 1. The lowest BCUT2D eigenvalue weighted by molar-refractivity contribution is 0.414. The number of thiocarbonyl (C=S) groups is 1. The van der Waals surface area contributed by atoms with E-state index in [0.717, 1.165) is 11.3 Å². The monoisotopic (exact) mass is 274 g/mol. The van der Waals surface area contributed by atoms with Gasteiger partial charge < -0.3 is 15.8 Å². The normalized spacial score (nSPS) is 9.95. The summed E-state index contributed by atoms with van der Waals surface area (Å²) in [7, 11) is 1.65. The van der Waals surface area contributed by atoms with Crippen molar-refractivity contribution in [2.24, 2.45) is 5.73 Å². The minimum Gasteiger partial charge on any atom is -0.497 e. The molecule has 98 valence electrons. The van der Waals surface area contributed by atoms with E-state index in [2.05, 4.69) is 15.3 Å². The van der Waals surface area contributed by atoms with Gasteiger partial charge in [-0.15, -0.1) is 0 Å². The number of benzene rings is 1. The Morgan fingerprint density at radius 2 is 2.21 bits per heavy atom. The van der Waals surface area contributed by atoms with E-state index in [9.17, 15) is 0 Å². The first-order valence-electron chi connectivity index (χ1n) is 5.67. The van der Waals surface area contributed by atoms with E-state index < -0.39 is 0 Å². The van der Waals surface area contributed by atoms with Crippen molar-refractivity contribution in [2.75, 3.05) is 12.4 Å². The molecular weight excluding hydrogens is 260 g/mol. The van der Waals surface area contributed by atoms with Gasteiger partial charge >= 0.3 is 0 Å². The third-order valence-corrected chi connectivity index (χ3v) is 2.72. The van der Waals surface area contributed by atoms with E-state index in [1.54, 1.807) is 19.5 Å². The summed E-state index contributed by atoms with van der Waals surface area (Å²) in [4.78, 5) is 8.54. The zero-order valence-electron chi connectivity index (χ0n) is 10.5. The number of methoxy groups -OCH3 is 1. The molecule has 2 aromatic rings. The molecule has 6 heteroatoms. The molecule has 1 aromatic heterocycles. The molecule has 0 aliphatic rings. The van der Waals surface area contributed by atoms with Crippen LogP contribution >= 0.6 is 12.2 Å². The van der Waals surface area contributed by atoms with Crippen LogP contribution in [0.1, 0.15) is 11.3 Å².